The van der Waals surface area contributed by atoms with Crippen LogP contribution in [0.5, 0.6) is 5.75 Å². The van der Waals surface area contributed by atoms with Crippen molar-refractivity contribution >= 4 is 85.7 Å². The summed E-state index contributed by atoms with van der Waals surface area (Å²) in [5.41, 5.74) is -1.39. The first-order valence-electron chi connectivity index (χ1n) is 9.07. The third-order valence-corrected chi connectivity index (χ3v) is 7.79. The summed E-state index contributed by atoms with van der Waals surface area (Å²) >= 11 is 6.25. The van der Waals surface area contributed by atoms with Gasteiger partial charge in [0.1, 0.15) is 5.56 Å². The van der Waals surface area contributed by atoms with Gasteiger partial charge in [-0.1, -0.05) is 0 Å². The van der Waals surface area contributed by atoms with Crippen LogP contribution >= 0.6 is 67.8 Å². The number of carboxylic acid groups (broad SMARTS) is 1. The molecule has 0 radical (unpaired) electrons. The average Bonchev–Trinajstić information content (AvgIpc) is 2.74. The highest BCUT2D eigenvalue weighted by Gasteiger charge is 2.31. The van der Waals surface area contributed by atoms with Gasteiger partial charge in [-0.15, -0.1) is 0 Å². The van der Waals surface area contributed by atoms with Crippen LogP contribution < -0.4 is 4.74 Å². The smallest absolute Gasteiger partial charge is 0.341 e. The highest BCUT2D eigenvalue weighted by molar-refractivity contribution is 14.1. The molecule has 0 unspecified atom stereocenters. The lowest BCUT2D eigenvalue weighted by Crippen LogP contribution is -2.15. The maximum absolute atomic E-state index is 13.8. The van der Waals surface area contributed by atoms with Crippen molar-refractivity contribution in [1.82, 2.24) is 0 Å². The molecule has 0 atom stereocenters. The highest BCUT2D eigenvalue weighted by atomic mass is 127. The molecular formula is C20H13F4I3O6. The Morgan fingerprint density at radius 2 is 1.48 bits per heavy atom. The summed E-state index contributed by atoms with van der Waals surface area (Å²) in [5.74, 6) is -14.1. The van der Waals surface area contributed by atoms with E-state index in [1.807, 2.05) is 28.7 Å². The predicted octanol–water partition coefficient (Wildman–Crippen LogP) is 6.08. The van der Waals surface area contributed by atoms with Crippen molar-refractivity contribution in [1.29, 1.82) is 0 Å². The van der Waals surface area contributed by atoms with Gasteiger partial charge in [-0.05, 0) is 99.2 Å². The van der Waals surface area contributed by atoms with Gasteiger partial charge in [-0.25, -0.2) is 18.4 Å². The number of rotatable bonds is 9. The zero-order valence-electron chi connectivity index (χ0n) is 16.3. The van der Waals surface area contributed by atoms with Crippen LogP contribution in [-0.2, 0) is 9.53 Å². The number of esters is 2. The number of ether oxygens (including phenoxy) is 2. The summed E-state index contributed by atoms with van der Waals surface area (Å²) < 4.78 is 67.1. The van der Waals surface area contributed by atoms with Gasteiger partial charge in [0, 0.05) is 17.1 Å². The van der Waals surface area contributed by atoms with Crippen molar-refractivity contribution in [3.8, 4) is 5.75 Å². The van der Waals surface area contributed by atoms with Crippen molar-refractivity contribution in [3.63, 3.8) is 0 Å². The molecule has 0 saturated carbocycles. The maximum atomic E-state index is 13.8. The van der Waals surface area contributed by atoms with Gasteiger partial charge >= 0.3 is 17.9 Å². The van der Waals surface area contributed by atoms with Gasteiger partial charge < -0.3 is 14.6 Å². The number of hydrogen-bond acceptors (Lipinski definition) is 5. The average molecular weight is 806 g/mol. The second-order valence-electron chi connectivity index (χ2n) is 6.44. The van der Waals surface area contributed by atoms with E-state index in [1.54, 1.807) is 6.07 Å². The molecule has 2 aromatic carbocycles. The van der Waals surface area contributed by atoms with Crippen LogP contribution in [0.15, 0.2) is 12.1 Å². The zero-order chi connectivity index (χ0) is 24.9. The molecule has 0 aliphatic rings. The number of benzene rings is 2. The van der Waals surface area contributed by atoms with E-state index in [2.05, 4.69) is 49.9 Å². The van der Waals surface area contributed by atoms with Crippen LogP contribution in [0, 0.1) is 34.0 Å². The van der Waals surface area contributed by atoms with Crippen molar-refractivity contribution in [3.05, 3.63) is 57.2 Å². The first kappa shape index (κ1) is 28.0. The molecule has 178 valence electrons. The molecule has 6 nitrogen and oxygen atoms in total. The molecular weight excluding hydrogens is 793 g/mol. The third-order valence-electron chi connectivity index (χ3n) is 4.12. The Bertz CT molecular complexity index is 1080. The van der Waals surface area contributed by atoms with Gasteiger partial charge in [-0.2, -0.15) is 8.78 Å². The van der Waals surface area contributed by atoms with Crippen molar-refractivity contribution < 1.29 is 46.5 Å². The molecule has 1 N–H and O–H groups in total. The molecule has 0 amide bonds. The largest absolute Gasteiger partial charge is 0.477 e. The van der Waals surface area contributed by atoms with E-state index < -0.39 is 52.5 Å². The fourth-order valence-electron chi connectivity index (χ4n) is 2.55. The van der Waals surface area contributed by atoms with Gasteiger partial charge in [0.05, 0.1) is 12.2 Å². The topological polar surface area (TPSA) is 89.9 Å². The van der Waals surface area contributed by atoms with Gasteiger partial charge in [0.2, 0.25) is 17.4 Å². The van der Waals surface area contributed by atoms with E-state index in [1.165, 1.54) is 0 Å². The molecule has 2 aromatic rings. The summed E-state index contributed by atoms with van der Waals surface area (Å²) in [6.07, 6.45) is 0.602. The van der Waals surface area contributed by atoms with Gasteiger partial charge in [-0.3, -0.25) is 4.79 Å². The van der Waals surface area contributed by atoms with Crippen molar-refractivity contribution in [2.75, 3.05) is 6.61 Å². The molecule has 2 rings (SSSR count). The Morgan fingerprint density at radius 3 is 2.06 bits per heavy atom. The van der Waals surface area contributed by atoms with E-state index in [0.29, 0.717) is 18.4 Å². The number of aromatic carboxylic acids is 1. The second kappa shape index (κ2) is 12.5. The molecule has 0 aromatic heterocycles. The lowest BCUT2D eigenvalue weighted by Gasteiger charge is -2.10. The van der Waals surface area contributed by atoms with E-state index >= 15 is 0 Å². The first-order valence-corrected chi connectivity index (χ1v) is 12.3. The predicted molar refractivity (Wildman–Crippen MR) is 132 cm³/mol. The molecule has 33 heavy (non-hydrogen) atoms. The van der Waals surface area contributed by atoms with Crippen molar-refractivity contribution in [2.24, 2.45) is 0 Å². The zero-order valence-corrected chi connectivity index (χ0v) is 22.8. The minimum atomic E-state index is -2.21. The molecule has 0 bridgehead atoms. The Kier molecular flexibility index (Phi) is 10.6. The van der Waals surface area contributed by atoms with E-state index in [-0.39, 0.29) is 19.4 Å². The molecule has 13 heteroatoms. The van der Waals surface area contributed by atoms with Crippen LogP contribution in [0.4, 0.5) is 17.6 Å². The maximum Gasteiger partial charge on any atom is 0.341 e. The Labute approximate surface area is 225 Å². The van der Waals surface area contributed by atoms with E-state index in [4.69, 9.17) is 9.84 Å². The van der Waals surface area contributed by atoms with Crippen LogP contribution in [0.3, 0.4) is 0 Å². The van der Waals surface area contributed by atoms with Gasteiger partial charge in [0.15, 0.2) is 11.6 Å². The Morgan fingerprint density at radius 1 is 0.879 bits per heavy atom. The number of carbonyl (C=O) groups excluding carboxylic acids is 2. The summed E-state index contributed by atoms with van der Waals surface area (Å²) in [4.78, 5) is 34.7. The lowest BCUT2D eigenvalue weighted by molar-refractivity contribution is -0.135. The fourth-order valence-corrected chi connectivity index (χ4v) is 4.93. The SMILES string of the molecule is O=C(CCCCCOC(=O)c1cc(I)cc(I)c1I)Oc1c(F)c(F)c(C(=O)O)c(F)c1F. The number of carboxylic acids is 1. The second-order valence-corrected chi connectivity index (χ2v) is 9.92. The molecule has 0 heterocycles. The standard InChI is InChI=1S/C20H13F4I3O6/c21-13-12(19(29)30)14(22)16(24)18(15(13)23)33-11(28)4-2-1-3-5-32-20(31)9-6-8(25)7-10(26)17(9)27/h6-7H,1-5H2,(H,29,30). The number of unbranched alkanes of at least 4 members (excludes halogenated alkanes) is 2. The number of hydrogen-bond donors (Lipinski definition) is 1. The monoisotopic (exact) mass is 806 g/mol. The number of halogens is 7. The van der Waals surface area contributed by atoms with Crippen LogP contribution in [0.25, 0.3) is 0 Å². The highest BCUT2D eigenvalue weighted by Crippen LogP contribution is 2.30. The fraction of sp³-hybridized carbons (Fsp3) is 0.250. The third kappa shape index (κ3) is 7.12. The summed E-state index contributed by atoms with van der Waals surface area (Å²) in [5, 5.41) is 8.64. The molecule has 0 fully saturated rings. The number of carbonyl (C=O) groups is 3. The molecule has 0 spiro atoms. The van der Waals surface area contributed by atoms with Gasteiger partial charge in [0.25, 0.3) is 0 Å². The Balaban J connectivity index is 1.83. The summed E-state index contributed by atoms with van der Waals surface area (Å²) in [7, 11) is 0. The van der Waals surface area contributed by atoms with Crippen LogP contribution in [0.2, 0.25) is 0 Å². The quantitative estimate of drug-likeness (QED) is 0.0827. The molecule has 0 saturated heterocycles. The first-order chi connectivity index (χ1) is 15.5. The van der Waals surface area contributed by atoms with E-state index in [0.717, 1.165) is 10.7 Å². The minimum Gasteiger partial charge on any atom is -0.477 e. The van der Waals surface area contributed by atoms with Crippen LogP contribution in [-0.4, -0.2) is 29.6 Å². The van der Waals surface area contributed by atoms with Crippen molar-refractivity contribution in [2.45, 2.75) is 25.7 Å². The Hall–Kier alpha value is -1.24. The van der Waals surface area contributed by atoms with Crippen LogP contribution in [0.1, 0.15) is 46.4 Å². The molecule has 0 aliphatic heterocycles. The summed E-state index contributed by atoms with van der Waals surface area (Å²) in [6, 6.07) is 3.62. The summed E-state index contributed by atoms with van der Waals surface area (Å²) in [6.45, 7) is 0.0718. The van der Waals surface area contributed by atoms with E-state index in [9.17, 15) is 31.9 Å². The minimum absolute atomic E-state index is 0.0718. The molecule has 0 aliphatic carbocycles. The normalized spacial score (nSPS) is 10.8. The lowest BCUT2D eigenvalue weighted by atomic mass is 10.1.